The van der Waals surface area contributed by atoms with E-state index in [1.165, 1.54) is 19.2 Å². The number of rotatable bonds is 5. The third-order valence-corrected chi connectivity index (χ3v) is 3.03. The summed E-state index contributed by atoms with van der Waals surface area (Å²) in [7, 11) is 1.23. The van der Waals surface area contributed by atoms with Crippen molar-refractivity contribution in [3.63, 3.8) is 0 Å². The van der Waals surface area contributed by atoms with Crippen LogP contribution in [0, 0.1) is 5.92 Å². The van der Waals surface area contributed by atoms with Crippen molar-refractivity contribution in [2.24, 2.45) is 5.92 Å². The van der Waals surface area contributed by atoms with Crippen molar-refractivity contribution in [2.45, 2.75) is 26.7 Å². The highest BCUT2D eigenvalue weighted by Gasteiger charge is 2.16. The van der Waals surface area contributed by atoms with E-state index in [0.717, 1.165) is 12.8 Å². The van der Waals surface area contributed by atoms with Crippen molar-refractivity contribution < 1.29 is 19.4 Å². The van der Waals surface area contributed by atoms with Gasteiger partial charge in [0, 0.05) is 11.6 Å². The van der Waals surface area contributed by atoms with E-state index in [2.05, 4.69) is 10.1 Å². The number of phenolic OH excluding ortho intramolecular Hbond substituents is 1. The van der Waals surface area contributed by atoms with Crippen LogP contribution in [0.5, 0.6) is 5.75 Å². The van der Waals surface area contributed by atoms with Crippen LogP contribution in [-0.2, 0) is 9.53 Å². The summed E-state index contributed by atoms with van der Waals surface area (Å²) in [5, 5.41) is 12.3. The van der Waals surface area contributed by atoms with Gasteiger partial charge in [0.05, 0.1) is 7.11 Å². The third-order valence-electron chi connectivity index (χ3n) is 3.03. The molecule has 0 saturated carbocycles. The lowest BCUT2D eigenvalue weighted by atomic mass is 10.0. The van der Waals surface area contributed by atoms with Gasteiger partial charge in [-0.1, -0.05) is 13.8 Å². The summed E-state index contributed by atoms with van der Waals surface area (Å²) in [6, 6.07) is 4.30. The van der Waals surface area contributed by atoms with Crippen molar-refractivity contribution in [3.05, 3.63) is 23.8 Å². The smallest absolute Gasteiger partial charge is 0.341 e. The average Bonchev–Trinajstić information content (AvgIpc) is 2.41. The number of nitrogens with one attached hydrogen (secondary N) is 1. The largest absolute Gasteiger partial charge is 0.507 e. The number of esters is 1. The second kappa shape index (κ2) is 6.78. The van der Waals surface area contributed by atoms with Crippen LogP contribution in [0.4, 0.5) is 5.69 Å². The molecule has 0 bridgehead atoms. The molecule has 1 aromatic rings. The lowest BCUT2D eigenvalue weighted by Gasteiger charge is -2.13. The highest BCUT2D eigenvalue weighted by molar-refractivity contribution is 5.97. The minimum atomic E-state index is -0.642. The van der Waals surface area contributed by atoms with E-state index in [-0.39, 0.29) is 23.1 Å². The molecule has 5 heteroatoms. The Bertz CT molecular complexity index is 467. The molecule has 0 unspecified atom stereocenters. The van der Waals surface area contributed by atoms with Gasteiger partial charge in [0.25, 0.3) is 0 Å². The number of carbonyl (C=O) groups excluding carboxylic acids is 2. The van der Waals surface area contributed by atoms with Gasteiger partial charge in [-0.2, -0.15) is 0 Å². The second-order valence-corrected chi connectivity index (χ2v) is 4.23. The number of carbonyl (C=O) groups is 2. The zero-order valence-electron chi connectivity index (χ0n) is 11.4. The summed E-state index contributed by atoms with van der Waals surface area (Å²) >= 11 is 0. The van der Waals surface area contributed by atoms with Crippen LogP contribution in [-0.4, -0.2) is 24.1 Å². The van der Waals surface area contributed by atoms with Crippen molar-refractivity contribution >= 4 is 17.6 Å². The Hall–Kier alpha value is -2.04. The molecular formula is C14H19NO4. The van der Waals surface area contributed by atoms with Gasteiger partial charge in [-0.05, 0) is 31.0 Å². The first-order chi connectivity index (χ1) is 9.03. The zero-order chi connectivity index (χ0) is 14.4. The van der Waals surface area contributed by atoms with E-state index in [1.54, 1.807) is 6.07 Å². The first-order valence-corrected chi connectivity index (χ1v) is 6.25. The molecule has 1 rings (SSSR count). The predicted octanol–water partition coefficient (Wildman–Crippen LogP) is 2.55. The molecule has 1 aromatic carbocycles. The molecule has 19 heavy (non-hydrogen) atoms. The van der Waals surface area contributed by atoms with Gasteiger partial charge in [-0.25, -0.2) is 4.79 Å². The molecule has 0 saturated heterocycles. The predicted molar refractivity (Wildman–Crippen MR) is 72.1 cm³/mol. The third kappa shape index (κ3) is 3.71. The summed E-state index contributed by atoms with van der Waals surface area (Å²) in [5.41, 5.74) is 0.500. The number of hydrogen-bond donors (Lipinski definition) is 2. The van der Waals surface area contributed by atoms with Gasteiger partial charge in [0.1, 0.15) is 11.3 Å². The van der Waals surface area contributed by atoms with Gasteiger partial charge >= 0.3 is 5.97 Å². The molecule has 0 atom stereocenters. The maximum atomic E-state index is 11.9. The molecule has 2 N–H and O–H groups in total. The molecule has 104 valence electrons. The molecule has 0 aliphatic heterocycles. The van der Waals surface area contributed by atoms with E-state index in [4.69, 9.17) is 0 Å². The van der Waals surface area contributed by atoms with E-state index < -0.39 is 5.97 Å². The molecular weight excluding hydrogens is 246 g/mol. The Labute approximate surface area is 112 Å². The van der Waals surface area contributed by atoms with Crippen LogP contribution < -0.4 is 5.32 Å². The van der Waals surface area contributed by atoms with Crippen molar-refractivity contribution in [2.75, 3.05) is 12.4 Å². The van der Waals surface area contributed by atoms with Gasteiger partial charge in [-0.3, -0.25) is 4.79 Å². The summed E-state index contributed by atoms with van der Waals surface area (Å²) in [4.78, 5) is 23.3. The fourth-order valence-electron chi connectivity index (χ4n) is 1.79. The highest BCUT2D eigenvalue weighted by atomic mass is 16.5. The summed E-state index contributed by atoms with van der Waals surface area (Å²) in [6.45, 7) is 3.90. The Morgan fingerprint density at radius 3 is 2.47 bits per heavy atom. The Balaban J connectivity index is 2.91. The Kier molecular flexibility index (Phi) is 5.36. The number of hydrogen-bond acceptors (Lipinski definition) is 4. The molecule has 1 amide bonds. The average molecular weight is 265 g/mol. The fraction of sp³-hybridized carbons (Fsp3) is 0.429. The molecule has 0 fully saturated rings. The van der Waals surface area contributed by atoms with Crippen LogP contribution in [0.3, 0.4) is 0 Å². The van der Waals surface area contributed by atoms with Gasteiger partial charge < -0.3 is 15.2 Å². The Morgan fingerprint density at radius 1 is 1.32 bits per heavy atom. The lowest BCUT2D eigenvalue weighted by Crippen LogP contribution is -2.21. The second-order valence-electron chi connectivity index (χ2n) is 4.23. The molecule has 0 aliphatic rings. The van der Waals surface area contributed by atoms with Crippen LogP contribution in [0.15, 0.2) is 18.2 Å². The minimum Gasteiger partial charge on any atom is -0.507 e. The van der Waals surface area contributed by atoms with Crippen LogP contribution in [0.1, 0.15) is 37.0 Å². The number of aromatic hydroxyl groups is 1. The van der Waals surface area contributed by atoms with Crippen LogP contribution >= 0.6 is 0 Å². The molecule has 0 aromatic heterocycles. The molecule has 0 spiro atoms. The van der Waals surface area contributed by atoms with E-state index in [1.807, 2.05) is 13.8 Å². The van der Waals surface area contributed by atoms with Crippen LogP contribution in [0.25, 0.3) is 0 Å². The monoisotopic (exact) mass is 265 g/mol. The fourth-order valence-corrected chi connectivity index (χ4v) is 1.79. The lowest BCUT2D eigenvalue weighted by molar-refractivity contribution is -0.120. The maximum Gasteiger partial charge on any atom is 0.341 e. The van der Waals surface area contributed by atoms with Gasteiger partial charge in [0.2, 0.25) is 5.91 Å². The minimum absolute atomic E-state index is 0.0323. The first-order valence-electron chi connectivity index (χ1n) is 6.25. The molecule has 5 nitrogen and oxygen atoms in total. The summed E-state index contributed by atoms with van der Waals surface area (Å²) < 4.78 is 4.56. The van der Waals surface area contributed by atoms with Crippen molar-refractivity contribution in [1.29, 1.82) is 0 Å². The van der Waals surface area contributed by atoms with Crippen molar-refractivity contribution in [3.8, 4) is 5.75 Å². The van der Waals surface area contributed by atoms with E-state index in [9.17, 15) is 14.7 Å². The van der Waals surface area contributed by atoms with Gasteiger partial charge in [0.15, 0.2) is 0 Å². The number of phenols is 1. The molecule has 0 heterocycles. The molecule has 0 radical (unpaired) electrons. The standard InChI is InChI=1S/C14H19NO4/c1-4-9(5-2)13(17)15-10-6-7-12(16)11(8-10)14(18)19-3/h6-9,16H,4-5H2,1-3H3,(H,15,17). The maximum absolute atomic E-state index is 11.9. The topological polar surface area (TPSA) is 75.6 Å². The summed E-state index contributed by atoms with van der Waals surface area (Å²) in [5.74, 6) is -0.967. The quantitative estimate of drug-likeness (QED) is 0.633. The first kappa shape index (κ1) is 15.0. The highest BCUT2D eigenvalue weighted by Crippen LogP contribution is 2.23. The van der Waals surface area contributed by atoms with Crippen LogP contribution in [0.2, 0.25) is 0 Å². The summed E-state index contributed by atoms with van der Waals surface area (Å²) in [6.07, 6.45) is 1.51. The number of benzene rings is 1. The van der Waals surface area contributed by atoms with E-state index in [0.29, 0.717) is 5.69 Å². The number of amides is 1. The van der Waals surface area contributed by atoms with Crippen molar-refractivity contribution in [1.82, 2.24) is 0 Å². The van der Waals surface area contributed by atoms with E-state index >= 15 is 0 Å². The number of ether oxygens (including phenoxy) is 1. The number of methoxy groups -OCH3 is 1. The number of anilines is 1. The zero-order valence-corrected chi connectivity index (χ0v) is 11.4. The molecule has 0 aliphatic carbocycles. The normalized spacial score (nSPS) is 10.3. The SMILES string of the molecule is CCC(CC)C(=O)Nc1ccc(O)c(C(=O)OC)c1. The Morgan fingerprint density at radius 2 is 1.95 bits per heavy atom. The van der Waals surface area contributed by atoms with Gasteiger partial charge in [-0.15, -0.1) is 0 Å².